The van der Waals surface area contributed by atoms with E-state index < -0.39 is 0 Å². The molecule has 0 nitrogen and oxygen atoms in total. The summed E-state index contributed by atoms with van der Waals surface area (Å²) in [7, 11) is 0. The monoisotopic (exact) mass is 320 g/mol. The van der Waals surface area contributed by atoms with Gasteiger partial charge >= 0.3 is 0 Å². The van der Waals surface area contributed by atoms with Crippen molar-refractivity contribution in [2.24, 2.45) is 0 Å². The fourth-order valence-corrected chi connectivity index (χ4v) is 5.36. The smallest absolute Gasteiger partial charge is 0.00109 e. The lowest BCUT2D eigenvalue weighted by Crippen LogP contribution is -1.87. The summed E-state index contributed by atoms with van der Waals surface area (Å²) in [6.07, 6.45) is 0. The summed E-state index contributed by atoms with van der Waals surface area (Å²) >= 11 is 0. The van der Waals surface area contributed by atoms with Crippen molar-refractivity contribution in [3.63, 3.8) is 0 Å². The zero-order valence-corrected chi connectivity index (χ0v) is 15.4. The van der Waals surface area contributed by atoms with E-state index in [2.05, 4.69) is 65.0 Å². The number of aryl methyl sites for hydroxylation is 5. The van der Waals surface area contributed by atoms with Crippen molar-refractivity contribution >= 4 is 53.9 Å². The Hall–Kier alpha value is -2.60. The summed E-state index contributed by atoms with van der Waals surface area (Å²) in [5, 5.41) is 14.6. The van der Waals surface area contributed by atoms with Gasteiger partial charge in [0.25, 0.3) is 0 Å². The lowest BCUT2D eigenvalue weighted by molar-refractivity contribution is 1.50. The van der Waals surface area contributed by atoms with Crippen LogP contribution in [0, 0.1) is 34.6 Å². The van der Waals surface area contributed by atoms with E-state index in [1.165, 1.54) is 81.7 Å². The molecular weight excluding hydrogens is 300 g/mol. The van der Waals surface area contributed by atoms with Gasteiger partial charge in [0.1, 0.15) is 0 Å². The Morgan fingerprint density at radius 2 is 0.480 bits per heavy atom. The second-order valence-electron chi connectivity index (χ2n) is 8.08. The molecule has 0 fully saturated rings. The Labute approximate surface area is 147 Å². The molecule has 0 radical (unpaired) electrons. The highest BCUT2D eigenvalue weighted by atomic mass is 14.3. The SMILES string of the molecule is Cc1cc2c(C)cc3c(C)cc4c(C)cc5c(C)cc1c1c5c4c3c21. The second-order valence-corrected chi connectivity index (χ2v) is 8.08. The fourth-order valence-electron chi connectivity index (χ4n) is 5.36. The first-order chi connectivity index (χ1) is 12.0. The molecule has 0 spiro atoms. The first-order valence-corrected chi connectivity index (χ1v) is 9.14. The van der Waals surface area contributed by atoms with Crippen LogP contribution in [-0.2, 0) is 0 Å². The van der Waals surface area contributed by atoms with Gasteiger partial charge in [-0.05, 0) is 116 Å². The van der Waals surface area contributed by atoms with Crippen LogP contribution in [0.3, 0.4) is 0 Å². The minimum absolute atomic E-state index is 1.40. The Kier molecular flexibility index (Phi) is 2.17. The molecule has 0 aliphatic carbocycles. The Morgan fingerprint density at radius 3 is 0.640 bits per heavy atom. The van der Waals surface area contributed by atoms with Crippen LogP contribution < -0.4 is 0 Å². The van der Waals surface area contributed by atoms with Crippen molar-refractivity contribution in [2.45, 2.75) is 34.6 Å². The molecule has 6 aromatic carbocycles. The van der Waals surface area contributed by atoms with Crippen LogP contribution in [0.25, 0.3) is 53.9 Å². The predicted molar refractivity (Wildman–Crippen MR) is 111 cm³/mol. The minimum Gasteiger partial charge on any atom is -0.0505 e. The average molecular weight is 320 g/mol. The summed E-state index contributed by atoms with van der Waals surface area (Å²) < 4.78 is 0. The van der Waals surface area contributed by atoms with E-state index in [0.717, 1.165) is 0 Å². The lowest BCUT2D eigenvalue weighted by atomic mass is 9.92. The van der Waals surface area contributed by atoms with E-state index in [1.807, 2.05) is 0 Å². The highest BCUT2D eigenvalue weighted by molar-refractivity contribution is 6.45. The van der Waals surface area contributed by atoms with Crippen molar-refractivity contribution in [2.75, 3.05) is 0 Å². The van der Waals surface area contributed by atoms with Crippen LogP contribution in [0.5, 0.6) is 0 Å². The van der Waals surface area contributed by atoms with E-state index in [0.29, 0.717) is 0 Å². The molecule has 6 aromatic rings. The largest absolute Gasteiger partial charge is 0.0505 e. The number of rotatable bonds is 0. The highest BCUT2D eigenvalue weighted by Crippen LogP contribution is 2.51. The van der Waals surface area contributed by atoms with Crippen LogP contribution in [0.15, 0.2) is 30.3 Å². The Morgan fingerprint density at radius 1 is 0.320 bits per heavy atom. The van der Waals surface area contributed by atoms with E-state index in [1.54, 1.807) is 0 Å². The molecule has 0 heterocycles. The number of hydrogen-bond donors (Lipinski definition) is 0. The molecule has 0 saturated carbocycles. The first kappa shape index (κ1) is 13.7. The van der Waals surface area contributed by atoms with Crippen LogP contribution >= 0.6 is 0 Å². The lowest BCUT2D eigenvalue weighted by Gasteiger charge is -2.12. The normalized spacial score (nSPS) is 13.0. The van der Waals surface area contributed by atoms with Crippen molar-refractivity contribution in [3.8, 4) is 0 Å². The van der Waals surface area contributed by atoms with Gasteiger partial charge in [0, 0.05) is 0 Å². The van der Waals surface area contributed by atoms with Crippen LogP contribution in [-0.4, -0.2) is 0 Å². The minimum atomic E-state index is 1.40. The van der Waals surface area contributed by atoms with Crippen molar-refractivity contribution in [3.05, 3.63) is 58.1 Å². The van der Waals surface area contributed by atoms with E-state index >= 15 is 0 Å². The predicted octanol–water partition coefficient (Wildman–Crippen LogP) is 7.31. The summed E-state index contributed by atoms with van der Waals surface area (Å²) in [5.41, 5.74) is 6.98. The molecule has 0 unspecified atom stereocenters. The van der Waals surface area contributed by atoms with E-state index in [9.17, 15) is 0 Å². The first-order valence-electron chi connectivity index (χ1n) is 9.14. The van der Waals surface area contributed by atoms with Gasteiger partial charge in [0.05, 0.1) is 0 Å². The third-order valence-corrected chi connectivity index (χ3v) is 6.53. The molecule has 0 atom stereocenters. The van der Waals surface area contributed by atoms with Crippen molar-refractivity contribution in [1.29, 1.82) is 0 Å². The summed E-state index contributed by atoms with van der Waals surface area (Å²) in [6.45, 7) is 11.3. The molecule has 25 heavy (non-hydrogen) atoms. The quantitative estimate of drug-likeness (QED) is 0.257. The van der Waals surface area contributed by atoms with Gasteiger partial charge in [-0.25, -0.2) is 0 Å². The van der Waals surface area contributed by atoms with E-state index in [4.69, 9.17) is 0 Å². The standard InChI is InChI=1S/C25H20/c1-11-6-17-13(3)8-19-15(5)10-20-14(4)9-18-12(2)7-16(11)21-22(17)24(19)25(20)23(18)21/h6-10H,1-5H3. The molecule has 0 saturated heterocycles. The van der Waals surface area contributed by atoms with Gasteiger partial charge in [-0.2, -0.15) is 0 Å². The Bertz CT molecular complexity index is 1180. The molecule has 0 amide bonds. The third-order valence-electron chi connectivity index (χ3n) is 6.53. The fraction of sp³-hybridized carbons (Fsp3) is 0.200. The Balaban J connectivity index is 2.21. The molecular formula is C25H20. The molecule has 0 heteroatoms. The third kappa shape index (κ3) is 1.34. The molecule has 120 valence electrons. The zero-order chi connectivity index (χ0) is 17.2. The van der Waals surface area contributed by atoms with Crippen molar-refractivity contribution < 1.29 is 0 Å². The van der Waals surface area contributed by atoms with Crippen molar-refractivity contribution in [1.82, 2.24) is 0 Å². The maximum absolute atomic E-state index is 2.41. The maximum atomic E-state index is 2.41. The van der Waals surface area contributed by atoms with Crippen LogP contribution in [0.1, 0.15) is 27.8 Å². The van der Waals surface area contributed by atoms with E-state index in [-0.39, 0.29) is 0 Å². The number of hydrogen-bond acceptors (Lipinski definition) is 0. The van der Waals surface area contributed by atoms with Gasteiger partial charge in [-0.3, -0.25) is 0 Å². The molecule has 0 aromatic heterocycles. The highest BCUT2D eigenvalue weighted by Gasteiger charge is 2.24. The topological polar surface area (TPSA) is 0 Å². The van der Waals surface area contributed by atoms with Gasteiger partial charge in [-0.1, -0.05) is 30.3 Å². The maximum Gasteiger partial charge on any atom is -0.00109 e. The van der Waals surface area contributed by atoms with Gasteiger partial charge in [-0.15, -0.1) is 0 Å². The summed E-state index contributed by atoms with van der Waals surface area (Å²) in [6, 6.07) is 12.0. The zero-order valence-electron chi connectivity index (χ0n) is 15.4. The summed E-state index contributed by atoms with van der Waals surface area (Å²) in [4.78, 5) is 0. The molecule has 0 bridgehead atoms. The second kappa shape index (κ2) is 3.96. The molecule has 0 N–H and O–H groups in total. The molecule has 0 aliphatic heterocycles. The van der Waals surface area contributed by atoms with Gasteiger partial charge < -0.3 is 0 Å². The molecule has 6 rings (SSSR count). The van der Waals surface area contributed by atoms with Crippen LogP contribution in [0.2, 0.25) is 0 Å². The summed E-state index contributed by atoms with van der Waals surface area (Å²) in [5.74, 6) is 0. The average Bonchev–Trinajstić information content (AvgIpc) is 2.92. The molecule has 0 aliphatic rings. The van der Waals surface area contributed by atoms with Gasteiger partial charge in [0.2, 0.25) is 0 Å². The van der Waals surface area contributed by atoms with Crippen LogP contribution in [0.4, 0.5) is 0 Å². The van der Waals surface area contributed by atoms with Gasteiger partial charge in [0.15, 0.2) is 0 Å². The number of benzene rings is 5.